The molecule has 0 saturated carbocycles. The van der Waals surface area contributed by atoms with Gasteiger partial charge in [-0.3, -0.25) is 14.6 Å². The summed E-state index contributed by atoms with van der Waals surface area (Å²) in [4.78, 5) is 28.8. The topological polar surface area (TPSA) is 59.1 Å². The lowest BCUT2D eigenvalue weighted by molar-refractivity contribution is -0.117. The van der Waals surface area contributed by atoms with E-state index in [2.05, 4.69) is 10.3 Å². The van der Waals surface area contributed by atoms with E-state index in [4.69, 9.17) is 0 Å². The summed E-state index contributed by atoms with van der Waals surface area (Å²) >= 11 is 0. The second-order valence-corrected chi connectivity index (χ2v) is 6.26. The van der Waals surface area contributed by atoms with E-state index in [1.54, 1.807) is 42.6 Å². The van der Waals surface area contributed by atoms with Crippen molar-refractivity contribution in [2.24, 2.45) is 0 Å². The summed E-state index contributed by atoms with van der Waals surface area (Å²) < 4.78 is 13.3. The number of halogens is 1. The number of rotatable bonds is 6. The third-order valence-electron chi connectivity index (χ3n) is 4.26. The average molecular weight is 362 g/mol. The largest absolute Gasteiger partial charge is 0.326 e. The fraction of sp³-hybridized carbons (Fsp3) is 0.136. The summed E-state index contributed by atoms with van der Waals surface area (Å²) in [6.07, 6.45) is 2.05. The highest BCUT2D eigenvalue weighted by atomic mass is 19.1. The summed E-state index contributed by atoms with van der Waals surface area (Å²) in [5, 5.41) is 2.86. The van der Waals surface area contributed by atoms with E-state index in [1.807, 2.05) is 18.2 Å². The van der Waals surface area contributed by atoms with E-state index in [0.29, 0.717) is 23.2 Å². The van der Waals surface area contributed by atoms with Crippen molar-refractivity contribution in [3.05, 3.63) is 95.6 Å². The van der Waals surface area contributed by atoms with E-state index >= 15 is 0 Å². The fourth-order valence-electron chi connectivity index (χ4n) is 2.83. The van der Waals surface area contributed by atoms with Gasteiger partial charge in [-0.05, 0) is 48.9 Å². The summed E-state index contributed by atoms with van der Waals surface area (Å²) in [5.74, 6) is -1.21. The van der Waals surface area contributed by atoms with Crippen molar-refractivity contribution in [3.8, 4) is 0 Å². The van der Waals surface area contributed by atoms with Gasteiger partial charge in [0.2, 0.25) is 5.91 Å². The van der Waals surface area contributed by atoms with Gasteiger partial charge in [-0.25, -0.2) is 4.39 Å². The number of Topliss-reactive ketones (excluding diaryl/α,β-unsaturated/α-hetero) is 1. The van der Waals surface area contributed by atoms with Crippen LogP contribution < -0.4 is 5.32 Å². The van der Waals surface area contributed by atoms with Crippen LogP contribution in [-0.4, -0.2) is 16.7 Å². The molecule has 1 N–H and O–H groups in total. The van der Waals surface area contributed by atoms with E-state index in [-0.39, 0.29) is 17.5 Å². The van der Waals surface area contributed by atoms with Gasteiger partial charge in [0, 0.05) is 29.6 Å². The van der Waals surface area contributed by atoms with Crippen molar-refractivity contribution in [1.82, 2.24) is 4.98 Å². The maximum atomic E-state index is 13.3. The zero-order valence-corrected chi connectivity index (χ0v) is 14.9. The molecule has 3 rings (SSSR count). The standard InChI is InChI=1S/C22H19FN2O2/c1-15(26)17-5-4-7-20(13-17)25-22(27)21(14-19-6-2-3-12-24-19)16-8-10-18(23)11-9-16/h2-13,21H,14H2,1H3,(H,25,27). The lowest BCUT2D eigenvalue weighted by Gasteiger charge is -2.17. The van der Waals surface area contributed by atoms with Crippen molar-refractivity contribution < 1.29 is 14.0 Å². The number of aromatic nitrogens is 1. The predicted octanol–water partition coefficient (Wildman–Crippen LogP) is 4.39. The van der Waals surface area contributed by atoms with Gasteiger partial charge >= 0.3 is 0 Å². The van der Waals surface area contributed by atoms with E-state index in [9.17, 15) is 14.0 Å². The van der Waals surface area contributed by atoms with Gasteiger partial charge in [0.1, 0.15) is 5.82 Å². The fourth-order valence-corrected chi connectivity index (χ4v) is 2.83. The SMILES string of the molecule is CC(=O)c1cccc(NC(=O)C(Cc2ccccn2)c2ccc(F)cc2)c1. The minimum atomic E-state index is -0.540. The highest BCUT2D eigenvalue weighted by molar-refractivity contribution is 5.99. The number of hydrogen-bond donors (Lipinski definition) is 1. The van der Waals surface area contributed by atoms with Crippen LogP contribution in [0.4, 0.5) is 10.1 Å². The van der Waals surface area contributed by atoms with E-state index < -0.39 is 5.92 Å². The third-order valence-corrected chi connectivity index (χ3v) is 4.26. The molecule has 136 valence electrons. The van der Waals surface area contributed by atoms with Crippen LogP contribution in [0.5, 0.6) is 0 Å². The molecule has 1 unspecified atom stereocenters. The van der Waals surface area contributed by atoms with Gasteiger partial charge in [-0.1, -0.05) is 30.3 Å². The van der Waals surface area contributed by atoms with E-state index in [0.717, 1.165) is 5.69 Å². The number of ketones is 1. The van der Waals surface area contributed by atoms with Gasteiger partial charge in [0.15, 0.2) is 5.78 Å². The molecular formula is C22H19FN2O2. The monoisotopic (exact) mass is 362 g/mol. The molecule has 5 heteroatoms. The number of pyridine rings is 1. The molecule has 0 aliphatic carbocycles. The van der Waals surface area contributed by atoms with Gasteiger partial charge in [0.05, 0.1) is 5.92 Å². The molecule has 0 fully saturated rings. The zero-order chi connectivity index (χ0) is 19.2. The Morgan fingerprint density at radius 2 is 1.81 bits per heavy atom. The van der Waals surface area contributed by atoms with E-state index in [1.165, 1.54) is 19.1 Å². The Labute approximate surface area is 157 Å². The molecule has 0 spiro atoms. The highest BCUT2D eigenvalue weighted by Crippen LogP contribution is 2.23. The highest BCUT2D eigenvalue weighted by Gasteiger charge is 2.22. The number of benzene rings is 2. The first kappa shape index (κ1) is 18.5. The minimum absolute atomic E-state index is 0.0744. The quantitative estimate of drug-likeness (QED) is 0.662. The molecule has 0 aliphatic rings. The van der Waals surface area contributed by atoms with Crippen LogP contribution in [0.1, 0.15) is 34.5 Å². The molecule has 0 radical (unpaired) electrons. The molecule has 0 saturated heterocycles. The molecule has 3 aromatic rings. The van der Waals surface area contributed by atoms with Crippen molar-refractivity contribution in [2.45, 2.75) is 19.3 Å². The number of anilines is 1. The van der Waals surface area contributed by atoms with Crippen LogP contribution in [0.25, 0.3) is 0 Å². The first-order chi connectivity index (χ1) is 13.0. The Bertz CT molecular complexity index is 940. The minimum Gasteiger partial charge on any atom is -0.326 e. The Balaban J connectivity index is 1.87. The summed E-state index contributed by atoms with van der Waals surface area (Å²) in [6, 6.07) is 18.2. The van der Waals surface area contributed by atoms with Crippen LogP contribution in [-0.2, 0) is 11.2 Å². The molecule has 0 bridgehead atoms. The summed E-state index contributed by atoms with van der Waals surface area (Å²) in [7, 11) is 0. The molecule has 1 aromatic heterocycles. The average Bonchev–Trinajstić information content (AvgIpc) is 2.68. The Morgan fingerprint density at radius 3 is 2.48 bits per heavy atom. The van der Waals surface area contributed by atoms with Crippen molar-refractivity contribution in [2.75, 3.05) is 5.32 Å². The summed E-state index contributed by atoms with van der Waals surface area (Å²) in [6.45, 7) is 1.48. The number of carbonyl (C=O) groups is 2. The second kappa shape index (κ2) is 8.36. The molecule has 2 aromatic carbocycles. The van der Waals surface area contributed by atoms with Gasteiger partial charge in [-0.2, -0.15) is 0 Å². The van der Waals surface area contributed by atoms with Gasteiger partial charge in [-0.15, -0.1) is 0 Å². The molecule has 27 heavy (non-hydrogen) atoms. The lowest BCUT2D eigenvalue weighted by Crippen LogP contribution is -2.23. The van der Waals surface area contributed by atoms with Gasteiger partial charge in [0.25, 0.3) is 0 Å². The number of carbonyl (C=O) groups excluding carboxylic acids is 2. The maximum Gasteiger partial charge on any atom is 0.232 e. The molecule has 1 heterocycles. The molecule has 1 atom stereocenters. The van der Waals surface area contributed by atoms with Crippen LogP contribution in [0.3, 0.4) is 0 Å². The molecule has 0 aliphatic heterocycles. The number of nitrogens with one attached hydrogen (secondary N) is 1. The smallest absolute Gasteiger partial charge is 0.232 e. The first-order valence-corrected chi connectivity index (χ1v) is 8.60. The Kier molecular flexibility index (Phi) is 5.71. The third kappa shape index (κ3) is 4.85. The number of amides is 1. The number of hydrogen-bond acceptors (Lipinski definition) is 3. The second-order valence-electron chi connectivity index (χ2n) is 6.26. The first-order valence-electron chi connectivity index (χ1n) is 8.60. The van der Waals surface area contributed by atoms with Crippen LogP contribution in [0.2, 0.25) is 0 Å². The van der Waals surface area contributed by atoms with Crippen LogP contribution >= 0.6 is 0 Å². The van der Waals surface area contributed by atoms with Crippen molar-refractivity contribution in [1.29, 1.82) is 0 Å². The molecule has 4 nitrogen and oxygen atoms in total. The summed E-state index contributed by atoms with van der Waals surface area (Å²) in [5.41, 5.74) is 2.53. The van der Waals surface area contributed by atoms with Crippen LogP contribution in [0.15, 0.2) is 72.9 Å². The Hall–Kier alpha value is -3.34. The molecule has 1 amide bonds. The zero-order valence-electron chi connectivity index (χ0n) is 14.9. The molecular weight excluding hydrogens is 343 g/mol. The van der Waals surface area contributed by atoms with Gasteiger partial charge < -0.3 is 5.32 Å². The maximum absolute atomic E-state index is 13.3. The van der Waals surface area contributed by atoms with Crippen LogP contribution in [0, 0.1) is 5.82 Å². The van der Waals surface area contributed by atoms with Crippen molar-refractivity contribution >= 4 is 17.4 Å². The van der Waals surface area contributed by atoms with Crippen molar-refractivity contribution in [3.63, 3.8) is 0 Å². The predicted molar refractivity (Wildman–Crippen MR) is 102 cm³/mol. The normalized spacial score (nSPS) is 11.6. The lowest BCUT2D eigenvalue weighted by atomic mass is 9.93. The number of nitrogens with zero attached hydrogens (tertiary/aromatic N) is 1. The Morgan fingerprint density at radius 1 is 1.04 bits per heavy atom.